The van der Waals surface area contributed by atoms with Gasteiger partial charge in [0.25, 0.3) is 0 Å². The molecule has 2 N–H and O–H groups in total. The van der Waals surface area contributed by atoms with Gasteiger partial charge < -0.3 is 5.73 Å². The summed E-state index contributed by atoms with van der Waals surface area (Å²) in [6.45, 7) is 4.18. The highest BCUT2D eigenvalue weighted by molar-refractivity contribution is 7.46. The fourth-order valence-corrected chi connectivity index (χ4v) is 1.63. The van der Waals surface area contributed by atoms with Crippen LogP contribution in [0.1, 0.15) is 5.56 Å². The number of rotatable bonds is 1. The Balaban J connectivity index is 3.14. The van der Waals surface area contributed by atoms with Crippen molar-refractivity contribution in [3.8, 4) is 0 Å². The molecule has 0 fully saturated rings. The maximum Gasteiger partial charge on any atom is 0.0419 e. The maximum atomic E-state index is 5.80. The minimum atomic E-state index is 0.800. The molecule has 1 atom stereocenters. The molecule has 0 saturated heterocycles. The van der Waals surface area contributed by atoms with Gasteiger partial charge in [-0.2, -0.15) is 0 Å². The third kappa shape index (κ3) is 1.30. The van der Waals surface area contributed by atoms with Crippen LogP contribution < -0.4 is 11.0 Å². The zero-order valence-corrected chi connectivity index (χ0v) is 7.31. The number of nitrogens with two attached hydrogens (primary N) is 1. The second-order valence-electron chi connectivity index (χ2n) is 2.29. The first kappa shape index (κ1) is 7.56. The Hall–Kier alpha value is -0.550. The number of aryl methyl sites for hydroxylation is 1. The highest BCUT2D eigenvalue weighted by Crippen LogP contribution is 2.14. The lowest BCUT2D eigenvalue weighted by molar-refractivity contribution is 1.49. The van der Waals surface area contributed by atoms with E-state index < -0.39 is 0 Å². The van der Waals surface area contributed by atoms with Gasteiger partial charge in [0.2, 0.25) is 0 Å². The van der Waals surface area contributed by atoms with E-state index in [1.54, 1.807) is 0 Å². The molecule has 0 heterocycles. The van der Waals surface area contributed by atoms with Gasteiger partial charge in [0, 0.05) is 5.69 Å². The van der Waals surface area contributed by atoms with Gasteiger partial charge in [0.05, 0.1) is 0 Å². The summed E-state index contributed by atoms with van der Waals surface area (Å²) in [4.78, 5) is 0. The summed E-state index contributed by atoms with van der Waals surface area (Å²) < 4.78 is 0. The molecule has 0 spiro atoms. The van der Waals surface area contributed by atoms with E-state index in [1.807, 2.05) is 13.0 Å². The van der Waals surface area contributed by atoms with Crippen molar-refractivity contribution < 1.29 is 0 Å². The van der Waals surface area contributed by atoms with Crippen LogP contribution in [-0.4, -0.2) is 6.66 Å². The number of anilines is 1. The Morgan fingerprint density at radius 3 is 2.60 bits per heavy atom. The number of hydrogen-bond acceptors (Lipinski definition) is 1. The van der Waals surface area contributed by atoms with Crippen LogP contribution in [0.3, 0.4) is 0 Å². The van der Waals surface area contributed by atoms with Crippen LogP contribution in [0.15, 0.2) is 18.2 Å². The minimum absolute atomic E-state index is 0.800. The Kier molecular flexibility index (Phi) is 2.29. The maximum absolute atomic E-state index is 5.80. The summed E-state index contributed by atoms with van der Waals surface area (Å²) in [5.74, 6) is 0. The third-order valence-corrected chi connectivity index (χ3v) is 2.57. The standard InChI is InChI=1S/C8H12NP/c1-6-4-3-5-7(10-2)8(6)9/h3-5,10H,9H2,1-2H3. The van der Waals surface area contributed by atoms with E-state index in [1.165, 1.54) is 10.9 Å². The van der Waals surface area contributed by atoms with Crippen molar-refractivity contribution in [3.63, 3.8) is 0 Å². The molecule has 0 aliphatic heterocycles. The molecule has 0 radical (unpaired) electrons. The van der Waals surface area contributed by atoms with Crippen LogP contribution in [0.5, 0.6) is 0 Å². The quantitative estimate of drug-likeness (QED) is 0.480. The fraction of sp³-hybridized carbons (Fsp3) is 0.250. The molecule has 2 heteroatoms. The van der Waals surface area contributed by atoms with Gasteiger partial charge in [-0.1, -0.05) is 26.8 Å². The first-order valence-corrected chi connectivity index (χ1v) is 4.78. The van der Waals surface area contributed by atoms with Gasteiger partial charge >= 0.3 is 0 Å². The Bertz CT molecular complexity index is 233. The van der Waals surface area contributed by atoms with Crippen molar-refractivity contribution in [3.05, 3.63) is 23.8 Å². The van der Waals surface area contributed by atoms with Gasteiger partial charge in [0.1, 0.15) is 0 Å². The normalized spacial score (nSPS) is 11.0. The van der Waals surface area contributed by atoms with Crippen LogP contribution >= 0.6 is 8.58 Å². The molecule has 0 amide bonds. The summed E-state index contributed by atoms with van der Waals surface area (Å²) in [6.07, 6.45) is 0. The Morgan fingerprint density at radius 1 is 1.40 bits per heavy atom. The monoisotopic (exact) mass is 153 g/mol. The van der Waals surface area contributed by atoms with Crippen LogP contribution in [0, 0.1) is 6.92 Å². The van der Waals surface area contributed by atoms with Crippen LogP contribution in [-0.2, 0) is 0 Å². The molecule has 1 aromatic rings. The van der Waals surface area contributed by atoms with Crippen LogP contribution in [0.4, 0.5) is 5.69 Å². The topological polar surface area (TPSA) is 26.0 Å². The molecule has 1 aromatic carbocycles. The average molecular weight is 153 g/mol. The zero-order valence-electron chi connectivity index (χ0n) is 6.31. The lowest BCUT2D eigenvalue weighted by Crippen LogP contribution is -2.04. The van der Waals surface area contributed by atoms with E-state index in [9.17, 15) is 0 Å². The minimum Gasteiger partial charge on any atom is -0.398 e. The molecule has 0 aromatic heterocycles. The Labute approximate surface area is 63.4 Å². The molecule has 1 nitrogen and oxygen atoms in total. The summed E-state index contributed by atoms with van der Waals surface area (Å²) in [6, 6.07) is 6.18. The molecule has 0 bridgehead atoms. The third-order valence-electron chi connectivity index (χ3n) is 1.59. The van der Waals surface area contributed by atoms with E-state index in [2.05, 4.69) is 18.8 Å². The molecule has 1 rings (SSSR count). The molecule has 54 valence electrons. The summed E-state index contributed by atoms with van der Waals surface area (Å²) >= 11 is 0. The van der Waals surface area contributed by atoms with Crippen LogP contribution in [0.2, 0.25) is 0 Å². The van der Waals surface area contributed by atoms with E-state index in [0.717, 1.165) is 14.3 Å². The predicted octanol–water partition coefficient (Wildman–Crippen LogP) is 1.51. The lowest BCUT2D eigenvalue weighted by Gasteiger charge is -2.04. The van der Waals surface area contributed by atoms with E-state index in [4.69, 9.17) is 5.73 Å². The number of benzene rings is 1. The molecule has 0 aliphatic rings. The molecule has 0 saturated carbocycles. The SMILES string of the molecule is CPc1cccc(C)c1N. The van der Waals surface area contributed by atoms with Gasteiger partial charge in [-0.15, -0.1) is 0 Å². The van der Waals surface area contributed by atoms with Crippen molar-refractivity contribution in [2.24, 2.45) is 0 Å². The van der Waals surface area contributed by atoms with E-state index in [-0.39, 0.29) is 0 Å². The van der Waals surface area contributed by atoms with Gasteiger partial charge in [-0.3, -0.25) is 0 Å². The zero-order chi connectivity index (χ0) is 7.56. The summed E-state index contributed by atoms with van der Waals surface area (Å²) in [7, 11) is 0.800. The highest BCUT2D eigenvalue weighted by Gasteiger charge is 1.96. The first-order chi connectivity index (χ1) is 4.75. The molecule has 10 heavy (non-hydrogen) atoms. The Morgan fingerprint density at radius 2 is 2.10 bits per heavy atom. The lowest BCUT2D eigenvalue weighted by atomic mass is 10.2. The number of hydrogen-bond donors (Lipinski definition) is 1. The van der Waals surface area contributed by atoms with Crippen molar-refractivity contribution in [2.75, 3.05) is 12.4 Å². The number of para-hydroxylation sites is 1. The van der Waals surface area contributed by atoms with E-state index >= 15 is 0 Å². The molecule has 0 aliphatic carbocycles. The van der Waals surface area contributed by atoms with Crippen molar-refractivity contribution in [1.29, 1.82) is 0 Å². The molecular formula is C8H12NP. The van der Waals surface area contributed by atoms with Gasteiger partial charge in [-0.05, 0) is 24.5 Å². The van der Waals surface area contributed by atoms with Crippen molar-refractivity contribution in [1.82, 2.24) is 0 Å². The van der Waals surface area contributed by atoms with Crippen molar-refractivity contribution >= 4 is 19.6 Å². The summed E-state index contributed by atoms with van der Waals surface area (Å²) in [5.41, 5.74) is 7.95. The van der Waals surface area contributed by atoms with Crippen molar-refractivity contribution in [2.45, 2.75) is 6.92 Å². The van der Waals surface area contributed by atoms with Gasteiger partial charge in [0.15, 0.2) is 0 Å². The predicted molar refractivity (Wildman–Crippen MR) is 49.5 cm³/mol. The fourth-order valence-electron chi connectivity index (χ4n) is 0.899. The second kappa shape index (κ2) is 3.03. The first-order valence-electron chi connectivity index (χ1n) is 3.28. The number of nitrogen functional groups attached to an aromatic ring is 1. The van der Waals surface area contributed by atoms with E-state index in [0.29, 0.717) is 0 Å². The molecular weight excluding hydrogens is 141 g/mol. The smallest absolute Gasteiger partial charge is 0.0419 e. The van der Waals surface area contributed by atoms with Crippen LogP contribution in [0.25, 0.3) is 0 Å². The van der Waals surface area contributed by atoms with Gasteiger partial charge in [-0.25, -0.2) is 0 Å². The molecule has 1 unspecified atom stereocenters. The second-order valence-corrected chi connectivity index (χ2v) is 3.32. The largest absolute Gasteiger partial charge is 0.398 e. The average Bonchev–Trinajstić information content (AvgIpc) is 1.95. The summed E-state index contributed by atoms with van der Waals surface area (Å²) in [5, 5.41) is 1.28. The highest BCUT2D eigenvalue weighted by atomic mass is 31.1.